The SMILES string of the molecule is CCOC(=O)N1CCC(C(=O)NNC(=O)c2nc(-c3ccccc3)n(-c3ccccc3)n2)CC1. The zero-order chi connectivity index (χ0) is 23.9. The fourth-order valence-corrected chi connectivity index (χ4v) is 3.75. The molecular weight excluding hydrogens is 436 g/mol. The van der Waals surface area contributed by atoms with E-state index in [1.54, 1.807) is 16.5 Å². The van der Waals surface area contributed by atoms with Gasteiger partial charge in [-0.2, -0.15) is 0 Å². The second kappa shape index (κ2) is 10.6. The number of piperidine rings is 1. The first-order valence-electron chi connectivity index (χ1n) is 11.2. The largest absolute Gasteiger partial charge is 0.450 e. The van der Waals surface area contributed by atoms with Crippen LogP contribution in [0.4, 0.5) is 4.79 Å². The van der Waals surface area contributed by atoms with Crippen molar-refractivity contribution < 1.29 is 19.1 Å². The summed E-state index contributed by atoms with van der Waals surface area (Å²) >= 11 is 0. The first-order chi connectivity index (χ1) is 16.6. The second-order valence-corrected chi connectivity index (χ2v) is 7.78. The van der Waals surface area contributed by atoms with Crippen molar-refractivity contribution in [3.63, 3.8) is 0 Å². The molecule has 0 saturated carbocycles. The summed E-state index contributed by atoms with van der Waals surface area (Å²) < 4.78 is 6.59. The third-order valence-corrected chi connectivity index (χ3v) is 5.53. The van der Waals surface area contributed by atoms with Gasteiger partial charge >= 0.3 is 12.0 Å². The van der Waals surface area contributed by atoms with Crippen molar-refractivity contribution in [3.05, 3.63) is 66.5 Å². The maximum absolute atomic E-state index is 12.7. The average Bonchev–Trinajstić information content (AvgIpc) is 3.34. The van der Waals surface area contributed by atoms with Crippen molar-refractivity contribution in [2.45, 2.75) is 19.8 Å². The van der Waals surface area contributed by atoms with Crippen LogP contribution in [0.5, 0.6) is 0 Å². The van der Waals surface area contributed by atoms with Crippen LogP contribution in [0, 0.1) is 5.92 Å². The van der Waals surface area contributed by atoms with E-state index in [4.69, 9.17) is 4.74 Å². The fraction of sp³-hybridized carbons (Fsp3) is 0.292. The summed E-state index contributed by atoms with van der Waals surface area (Å²) in [7, 11) is 0. The standard InChI is InChI=1S/C24H26N6O4/c1-2-34-24(33)29-15-13-18(14-16-29)22(31)26-27-23(32)20-25-21(17-9-5-3-6-10-17)30(28-20)19-11-7-4-8-12-19/h3-12,18H,2,13-16H2,1H3,(H,26,31)(H,27,32). The molecule has 3 amide bonds. The van der Waals surface area contributed by atoms with Crippen LogP contribution in [0.3, 0.4) is 0 Å². The number of rotatable bonds is 5. The van der Waals surface area contributed by atoms with E-state index in [1.807, 2.05) is 60.7 Å². The van der Waals surface area contributed by atoms with Gasteiger partial charge in [0, 0.05) is 24.6 Å². The van der Waals surface area contributed by atoms with Crippen LogP contribution in [0.2, 0.25) is 0 Å². The lowest BCUT2D eigenvalue weighted by Gasteiger charge is -2.30. The van der Waals surface area contributed by atoms with Crippen LogP contribution in [0.1, 0.15) is 30.4 Å². The molecule has 2 N–H and O–H groups in total. The van der Waals surface area contributed by atoms with E-state index in [2.05, 4.69) is 20.9 Å². The number of nitrogens with one attached hydrogen (secondary N) is 2. The van der Waals surface area contributed by atoms with Gasteiger partial charge in [-0.25, -0.2) is 14.5 Å². The van der Waals surface area contributed by atoms with Crippen LogP contribution in [-0.4, -0.2) is 57.3 Å². The molecule has 4 rings (SSSR count). The van der Waals surface area contributed by atoms with Gasteiger partial charge in [-0.1, -0.05) is 48.5 Å². The maximum Gasteiger partial charge on any atom is 0.409 e. The Morgan fingerprint density at radius 1 is 0.971 bits per heavy atom. The molecule has 2 heterocycles. The predicted octanol–water partition coefficient (Wildman–Crippen LogP) is 2.56. The van der Waals surface area contributed by atoms with E-state index in [1.165, 1.54) is 0 Å². The Labute approximate surface area is 196 Å². The second-order valence-electron chi connectivity index (χ2n) is 7.78. The summed E-state index contributed by atoms with van der Waals surface area (Å²) in [5, 5.41) is 4.38. The van der Waals surface area contributed by atoms with Crippen molar-refractivity contribution in [1.29, 1.82) is 0 Å². The van der Waals surface area contributed by atoms with Gasteiger partial charge in [0.2, 0.25) is 11.7 Å². The Hall–Kier alpha value is -4.21. The summed E-state index contributed by atoms with van der Waals surface area (Å²) in [4.78, 5) is 43.1. The van der Waals surface area contributed by atoms with E-state index in [0.717, 1.165) is 11.3 Å². The Balaban J connectivity index is 1.41. The van der Waals surface area contributed by atoms with Crippen LogP contribution >= 0.6 is 0 Å². The molecule has 10 heteroatoms. The van der Waals surface area contributed by atoms with E-state index in [9.17, 15) is 14.4 Å². The highest BCUT2D eigenvalue weighted by Gasteiger charge is 2.28. The number of hydrogen-bond donors (Lipinski definition) is 2. The molecule has 1 saturated heterocycles. The Bertz CT molecular complexity index is 1080. The van der Waals surface area contributed by atoms with Crippen LogP contribution in [-0.2, 0) is 9.53 Å². The van der Waals surface area contributed by atoms with Gasteiger partial charge in [-0.15, -0.1) is 5.10 Å². The number of carbonyl (C=O) groups excluding carboxylic acids is 3. The van der Waals surface area contributed by atoms with Crippen molar-refractivity contribution in [3.8, 4) is 17.1 Å². The molecule has 1 aliphatic heterocycles. The lowest BCUT2D eigenvalue weighted by Crippen LogP contribution is -2.48. The molecule has 1 fully saturated rings. The number of amides is 3. The number of aromatic nitrogens is 3. The molecule has 0 bridgehead atoms. The van der Waals surface area contributed by atoms with Gasteiger partial charge in [0.25, 0.3) is 0 Å². The minimum Gasteiger partial charge on any atom is -0.450 e. The molecule has 0 aliphatic carbocycles. The number of hydrazine groups is 1. The minimum absolute atomic E-state index is 0.0693. The molecule has 0 unspecified atom stereocenters. The number of hydrogen-bond acceptors (Lipinski definition) is 6. The molecular formula is C24H26N6O4. The topological polar surface area (TPSA) is 118 Å². The number of nitrogens with zero attached hydrogens (tertiary/aromatic N) is 4. The van der Waals surface area contributed by atoms with E-state index >= 15 is 0 Å². The van der Waals surface area contributed by atoms with Gasteiger partial charge in [0.1, 0.15) is 0 Å². The summed E-state index contributed by atoms with van der Waals surface area (Å²) in [6, 6.07) is 18.8. The number of carbonyl (C=O) groups is 3. The molecule has 34 heavy (non-hydrogen) atoms. The van der Waals surface area contributed by atoms with Crippen LogP contribution in [0.15, 0.2) is 60.7 Å². The van der Waals surface area contributed by atoms with Crippen LogP contribution < -0.4 is 10.9 Å². The number of benzene rings is 2. The van der Waals surface area contributed by atoms with Gasteiger partial charge in [0.05, 0.1) is 12.3 Å². The average molecular weight is 463 g/mol. The van der Waals surface area contributed by atoms with Crippen molar-refractivity contribution >= 4 is 17.9 Å². The van der Waals surface area contributed by atoms with Gasteiger partial charge in [-0.05, 0) is 31.9 Å². The van der Waals surface area contributed by atoms with Gasteiger partial charge in [0.15, 0.2) is 5.82 Å². The van der Waals surface area contributed by atoms with E-state index < -0.39 is 5.91 Å². The highest BCUT2D eigenvalue weighted by molar-refractivity contribution is 5.92. The van der Waals surface area contributed by atoms with Gasteiger partial charge < -0.3 is 9.64 Å². The number of ether oxygens (including phenoxy) is 1. The summed E-state index contributed by atoms with van der Waals surface area (Å²) in [6.45, 7) is 2.91. The van der Waals surface area contributed by atoms with E-state index in [0.29, 0.717) is 38.4 Å². The molecule has 10 nitrogen and oxygen atoms in total. The lowest BCUT2D eigenvalue weighted by atomic mass is 9.96. The van der Waals surface area contributed by atoms with Crippen molar-refractivity contribution in [2.24, 2.45) is 5.92 Å². The normalized spacial score (nSPS) is 13.9. The molecule has 0 radical (unpaired) electrons. The number of para-hydroxylation sites is 1. The van der Waals surface area contributed by atoms with Crippen molar-refractivity contribution in [2.75, 3.05) is 19.7 Å². The molecule has 3 aromatic rings. The molecule has 1 aliphatic rings. The Morgan fingerprint density at radius 2 is 1.62 bits per heavy atom. The van der Waals surface area contributed by atoms with E-state index in [-0.39, 0.29) is 23.7 Å². The van der Waals surface area contributed by atoms with Crippen molar-refractivity contribution in [1.82, 2.24) is 30.5 Å². The molecule has 0 atom stereocenters. The van der Waals surface area contributed by atoms with Gasteiger partial charge in [-0.3, -0.25) is 20.4 Å². The highest BCUT2D eigenvalue weighted by atomic mass is 16.6. The number of likely N-dealkylation sites (tertiary alicyclic amines) is 1. The summed E-state index contributed by atoms with van der Waals surface area (Å²) in [5.74, 6) is -0.817. The Morgan fingerprint density at radius 3 is 2.26 bits per heavy atom. The third kappa shape index (κ3) is 5.22. The predicted molar refractivity (Wildman–Crippen MR) is 124 cm³/mol. The zero-order valence-electron chi connectivity index (χ0n) is 18.8. The smallest absolute Gasteiger partial charge is 0.409 e. The third-order valence-electron chi connectivity index (χ3n) is 5.53. The zero-order valence-corrected chi connectivity index (χ0v) is 18.8. The van der Waals surface area contributed by atoms with Crippen LogP contribution in [0.25, 0.3) is 17.1 Å². The maximum atomic E-state index is 12.7. The lowest BCUT2D eigenvalue weighted by molar-refractivity contribution is -0.127. The molecule has 1 aromatic heterocycles. The quantitative estimate of drug-likeness (QED) is 0.563. The first-order valence-corrected chi connectivity index (χ1v) is 11.2. The minimum atomic E-state index is -0.621. The highest BCUT2D eigenvalue weighted by Crippen LogP contribution is 2.21. The summed E-state index contributed by atoms with van der Waals surface area (Å²) in [5.41, 5.74) is 6.43. The monoisotopic (exact) mass is 462 g/mol. The summed E-state index contributed by atoms with van der Waals surface area (Å²) in [6.07, 6.45) is 0.600. The fourth-order valence-electron chi connectivity index (χ4n) is 3.75. The first kappa shape index (κ1) is 23.0. The molecule has 2 aromatic carbocycles. The molecule has 176 valence electrons. The Kier molecular flexibility index (Phi) is 7.16. The molecule has 0 spiro atoms.